The van der Waals surface area contributed by atoms with E-state index in [0.717, 1.165) is 47.9 Å². The summed E-state index contributed by atoms with van der Waals surface area (Å²) in [6.45, 7) is 0. The maximum Gasteiger partial charge on any atom is 0.632 e. The second-order valence-electron chi connectivity index (χ2n) is 11.0. The fourth-order valence-electron chi connectivity index (χ4n) is 6.28. The molecule has 5 heteroatoms. The number of fused-ring (bicyclic) bond motifs is 4. The summed E-state index contributed by atoms with van der Waals surface area (Å²) in [4.78, 5) is 0. The molecule has 0 saturated carbocycles. The van der Waals surface area contributed by atoms with Gasteiger partial charge in [-0.3, -0.25) is 0 Å². The van der Waals surface area contributed by atoms with Crippen molar-refractivity contribution in [1.82, 2.24) is 4.57 Å². The zero-order valence-electron chi connectivity index (χ0n) is 23.1. The molecule has 0 N–H and O–H groups in total. The van der Waals surface area contributed by atoms with Gasteiger partial charge < -0.3 is 13.9 Å². The van der Waals surface area contributed by atoms with E-state index in [0.29, 0.717) is 17.1 Å². The van der Waals surface area contributed by atoms with Crippen molar-refractivity contribution in [2.24, 2.45) is 0 Å². The highest BCUT2D eigenvalue weighted by molar-refractivity contribution is 6.63. The molecule has 2 aliphatic carbocycles. The van der Waals surface area contributed by atoms with E-state index >= 15 is 0 Å². The van der Waals surface area contributed by atoms with E-state index in [4.69, 9.17) is 14.6 Å². The van der Waals surface area contributed by atoms with Crippen molar-refractivity contribution in [3.63, 3.8) is 0 Å². The number of nitriles is 1. The van der Waals surface area contributed by atoms with E-state index < -0.39 is 7.12 Å². The van der Waals surface area contributed by atoms with Gasteiger partial charge in [0.15, 0.2) is 0 Å². The third-order valence-corrected chi connectivity index (χ3v) is 8.44. The van der Waals surface area contributed by atoms with Gasteiger partial charge >= 0.3 is 7.12 Å². The van der Waals surface area contributed by atoms with Gasteiger partial charge in [0.2, 0.25) is 0 Å². The van der Waals surface area contributed by atoms with Gasteiger partial charge in [-0.05, 0) is 96.5 Å². The molecule has 0 fully saturated rings. The number of aromatic nitrogens is 1. The molecule has 1 aliphatic heterocycles. The van der Waals surface area contributed by atoms with Crippen LogP contribution < -0.4 is 14.8 Å². The summed E-state index contributed by atoms with van der Waals surface area (Å²) in [5.41, 5.74) is 10.0. The predicted octanol–water partition coefficient (Wildman–Crippen LogP) is 8.29. The van der Waals surface area contributed by atoms with Gasteiger partial charge in [-0.25, -0.2) is 0 Å². The summed E-state index contributed by atoms with van der Waals surface area (Å²) in [6.07, 6.45) is 17.8. The lowest BCUT2D eigenvalue weighted by atomic mass is 9.79. The molecule has 0 amide bonds. The second kappa shape index (κ2) is 10.0. The maximum atomic E-state index is 9.14. The van der Waals surface area contributed by atoms with E-state index in [-0.39, 0.29) is 0 Å². The number of rotatable bonds is 4. The predicted molar refractivity (Wildman–Crippen MR) is 171 cm³/mol. The molecule has 0 atom stereocenters. The minimum atomic E-state index is -0.541. The van der Waals surface area contributed by atoms with Crippen molar-refractivity contribution in [3.8, 4) is 23.3 Å². The van der Waals surface area contributed by atoms with E-state index in [1.807, 2.05) is 18.2 Å². The topological polar surface area (TPSA) is 47.2 Å². The highest BCUT2D eigenvalue weighted by atomic mass is 16.6. The van der Waals surface area contributed by atoms with Crippen LogP contribution in [-0.2, 0) is 0 Å². The summed E-state index contributed by atoms with van der Waals surface area (Å²) in [5.74, 6) is 1.42. The molecule has 4 nitrogen and oxygen atoms in total. The first kappa shape index (κ1) is 24.6. The molecule has 42 heavy (non-hydrogen) atoms. The standard InChI is InChI=1S/C37H27BN2O2/c39-24-25-11-15-30(16-12-25)38-41-36-20-17-31(23-37(36)42-38)40-34-18-13-28(26-7-3-1-4-8-26)21-32(34)33-22-29(14-19-35(33)40)27-9-5-2-6-10-27/h1,3,5,7,9-23H,2,4,6,8H2. The Labute approximate surface area is 245 Å². The van der Waals surface area contributed by atoms with Crippen molar-refractivity contribution in [1.29, 1.82) is 5.26 Å². The van der Waals surface area contributed by atoms with Crippen molar-refractivity contribution in [2.45, 2.75) is 25.7 Å². The molecule has 0 radical (unpaired) electrons. The lowest BCUT2D eigenvalue weighted by Gasteiger charge is -2.11. The molecule has 3 aliphatic rings. The van der Waals surface area contributed by atoms with Crippen LogP contribution in [0.2, 0.25) is 0 Å². The maximum absolute atomic E-state index is 9.14. The number of hydrogen-bond acceptors (Lipinski definition) is 3. The number of hydrogen-bond donors (Lipinski definition) is 0. The number of benzene rings is 4. The van der Waals surface area contributed by atoms with Gasteiger partial charge in [0.05, 0.1) is 28.4 Å². The molecule has 0 spiro atoms. The lowest BCUT2D eigenvalue weighted by molar-refractivity contribution is 0.519. The fraction of sp³-hybridized carbons (Fsp3) is 0.108. The third-order valence-electron chi connectivity index (χ3n) is 8.44. The quantitative estimate of drug-likeness (QED) is 0.215. The van der Waals surface area contributed by atoms with Gasteiger partial charge in [-0.2, -0.15) is 5.26 Å². The lowest BCUT2D eigenvalue weighted by Crippen LogP contribution is -2.38. The Kier molecular flexibility index (Phi) is 5.86. The molecule has 0 unspecified atom stereocenters. The van der Waals surface area contributed by atoms with E-state index in [9.17, 15) is 0 Å². The fourth-order valence-corrected chi connectivity index (χ4v) is 6.28. The number of allylic oxidation sites excluding steroid dienone is 8. The average molecular weight is 542 g/mol. The molecule has 0 saturated heterocycles. The van der Waals surface area contributed by atoms with Crippen LogP contribution in [0.15, 0.2) is 115 Å². The summed E-state index contributed by atoms with van der Waals surface area (Å²) < 4.78 is 14.8. The van der Waals surface area contributed by atoms with Gasteiger partial charge in [-0.15, -0.1) is 0 Å². The molecule has 4 aromatic carbocycles. The van der Waals surface area contributed by atoms with Gasteiger partial charge in [0.25, 0.3) is 0 Å². The zero-order chi connectivity index (χ0) is 28.0. The average Bonchev–Trinajstić information content (AvgIpc) is 3.64. The zero-order valence-corrected chi connectivity index (χ0v) is 23.1. The summed E-state index contributed by atoms with van der Waals surface area (Å²) in [7, 11) is -0.541. The minimum absolute atomic E-state index is 0.541. The van der Waals surface area contributed by atoms with Crippen LogP contribution in [0.4, 0.5) is 0 Å². The first-order valence-electron chi connectivity index (χ1n) is 14.5. The van der Waals surface area contributed by atoms with Crippen LogP contribution >= 0.6 is 0 Å². The van der Waals surface area contributed by atoms with Gasteiger partial charge in [-0.1, -0.05) is 60.7 Å². The van der Waals surface area contributed by atoms with Gasteiger partial charge in [0.1, 0.15) is 11.5 Å². The van der Waals surface area contributed by atoms with Crippen LogP contribution in [-0.4, -0.2) is 11.7 Å². The molecular weight excluding hydrogens is 515 g/mol. The Balaban J connectivity index is 1.25. The van der Waals surface area contributed by atoms with Crippen LogP contribution in [0.5, 0.6) is 11.5 Å². The first-order chi connectivity index (χ1) is 20.7. The largest absolute Gasteiger partial charge is 0.632 e. The van der Waals surface area contributed by atoms with E-state index in [2.05, 4.69) is 95.6 Å². The molecule has 0 bridgehead atoms. The van der Waals surface area contributed by atoms with Crippen LogP contribution in [0, 0.1) is 11.3 Å². The monoisotopic (exact) mass is 542 g/mol. The highest BCUT2D eigenvalue weighted by Gasteiger charge is 2.34. The molecule has 2 heterocycles. The SMILES string of the molecule is N#Cc1ccc(B2Oc3ccc(-n4c5ccc(C6=CCCC=C6)cc5c5cc(C6=CC=CCC6)ccc54)cc3O2)cc1. The molecule has 200 valence electrons. The Hall–Kier alpha value is -5.21. The first-order valence-corrected chi connectivity index (χ1v) is 14.5. The highest BCUT2D eigenvalue weighted by Crippen LogP contribution is 2.40. The summed E-state index contributed by atoms with van der Waals surface area (Å²) in [6, 6.07) is 29.4. The molecule has 8 rings (SSSR count). The number of nitrogens with zero attached hydrogens (tertiary/aromatic N) is 2. The van der Waals surface area contributed by atoms with Crippen LogP contribution in [0.3, 0.4) is 0 Å². The molecular formula is C37H27BN2O2. The van der Waals surface area contributed by atoms with E-state index in [1.54, 1.807) is 12.1 Å². The van der Waals surface area contributed by atoms with Crippen molar-refractivity contribution < 1.29 is 9.31 Å². The molecule has 1 aromatic heterocycles. The van der Waals surface area contributed by atoms with Gasteiger partial charge in [0, 0.05) is 22.3 Å². The normalized spacial score (nSPS) is 15.6. The Morgan fingerprint density at radius 2 is 1.52 bits per heavy atom. The second-order valence-corrected chi connectivity index (χ2v) is 11.0. The van der Waals surface area contributed by atoms with Crippen molar-refractivity contribution >= 4 is 45.5 Å². The Morgan fingerprint density at radius 1 is 0.738 bits per heavy atom. The van der Waals surface area contributed by atoms with Crippen LogP contribution in [0.1, 0.15) is 42.4 Å². The van der Waals surface area contributed by atoms with Crippen LogP contribution in [0.25, 0.3) is 38.6 Å². The molecule has 5 aromatic rings. The van der Waals surface area contributed by atoms with Crippen molar-refractivity contribution in [3.05, 3.63) is 132 Å². The summed E-state index contributed by atoms with van der Waals surface area (Å²) >= 11 is 0. The van der Waals surface area contributed by atoms with Crippen molar-refractivity contribution in [2.75, 3.05) is 0 Å². The smallest absolute Gasteiger partial charge is 0.519 e. The summed E-state index contributed by atoms with van der Waals surface area (Å²) in [5, 5.41) is 11.6. The minimum Gasteiger partial charge on any atom is -0.519 e. The Morgan fingerprint density at radius 3 is 2.26 bits per heavy atom. The Bertz CT molecular complexity index is 2050. The van der Waals surface area contributed by atoms with E-state index in [1.165, 1.54) is 33.0 Å². The third kappa shape index (κ3) is 4.16.